The zero-order chi connectivity index (χ0) is 9.52. The van der Waals surface area contributed by atoms with Gasteiger partial charge in [-0.3, -0.25) is 0 Å². The second-order valence-corrected chi connectivity index (χ2v) is 3.06. The van der Waals surface area contributed by atoms with Crippen LogP contribution in [0.25, 0.3) is 0 Å². The first-order valence-electron chi connectivity index (χ1n) is 4.53. The van der Waals surface area contributed by atoms with Crippen LogP contribution in [0.2, 0.25) is 0 Å². The molecule has 1 nitrogen and oxygen atoms in total. The number of terminal acetylenes is 1. The molecule has 1 aromatic carbocycles. The van der Waals surface area contributed by atoms with E-state index in [1.807, 2.05) is 0 Å². The van der Waals surface area contributed by atoms with Crippen molar-refractivity contribution < 1.29 is 0 Å². The van der Waals surface area contributed by atoms with Crippen molar-refractivity contribution in [3.8, 4) is 12.3 Å². The van der Waals surface area contributed by atoms with Gasteiger partial charge in [-0.15, -0.1) is 12.3 Å². The van der Waals surface area contributed by atoms with Gasteiger partial charge in [-0.05, 0) is 18.1 Å². The highest BCUT2D eigenvalue weighted by atomic mass is 14.8. The van der Waals surface area contributed by atoms with Crippen LogP contribution in [0.3, 0.4) is 0 Å². The van der Waals surface area contributed by atoms with E-state index < -0.39 is 0 Å². The molecular weight excluding hydrogens is 158 g/mol. The van der Waals surface area contributed by atoms with E-state index in [2.05, 4.69) is 42.4 Å². The van der Waals surface area contributed by atoms with Crippen molar-refractivity contribution in [1.29, 1.82) is 0 Å². The van der Waals surface area contributed by atoms with Gasteiger partial charge >= 0.3 is 0 Å². The minimum absolute atomic E-state index is 0.798. The molecular formula is C12H15N. The summed E-state index contributed by atoms with van der Waals surface area (Å²) in [5, 5.41) is 3.30. The van der Waals surface area contributed by atoms with E-state index in [0.29, 0.717) is 0 Å². The lowest BCUT2D eigenvalue weighted by Gasteiger charge is -2.05. The lowest BCUT2D eigenvalue weighted by atomic mass is 10.1. The standard InChI is InChI=1S/C12H15N/c1-3-4-9-13-10-12-8-6-5-7-11(12)2/h1,5-8,13H,4,9-10H2,2H3. The van der Waals surface area contributed by atoms with E-state index in [0.717, 1.165) is 19.5 Å². The van der Waals surface area contributed by atoms with Crippen LogP contribution < -0.4 is 5.32 Å². The fourth-order valence-corrected chi connectivity index (χ4v) is 1.19. The third kappa shape index (κ3) is 3.31. The summed E-state index contributed by atoms with van der Waals surface area (Å²) in [5.41, 5.74) is 2.68. The minimum Gasteiger partial charge on any atom is -0.312 e. The van der Waals surface area contributed by atoms with Gasteiger partial charge in [0.25, 0.3) is 0 Å². The number of benzene rings is 1. The number of aryl methyl sites for hydroxylation is 1. The zero-order valence-electron chi connectivity index (χ0n) is 8.01. The van der Waals surface area contributed by atoms with Crippen molar-refractivity contribution in [3.63, 3.8) is 0 Å². The second-order valence-electron chi connectivity index (χ2n) is 3.06. The molecule has 1 heteroatoms. The Hall–Kier alpha value is -1.26. The number of hydrogen-bond donors (Lipinski definition) is 1. The largest absolute Gasteiger partial charge is 0.312 e. The van der Waals surface area contributed by atoms with E-state index in [4.69, 9.17) is 6.42 Å². The summed E-state index contributed by atoms with van der Waals surface area (Å²) in [6.45, 7) is 3.93. The monoisotopic (exact) mass is 173 g/mol. The van der Waals surface area contributed by atoms with Gasteiger partial charge in [-0.1, -0.05) is 24.3 Å². The predicted octanol–water partition coefficient (Wildman–Crippen LogP) is 2.11. The molecule has 0 aromatic heterocycles. The highest BCUT2D eigenvalue weighted by Gasteiger charge is 1.94. The average molecular weight is 173 g/mol. The van der Waals surface area contributed by atoms with E-state index >= 15 is 0 Å². The number of rotatable bonds is 4. The third-order valence-electron chi connectivity index (χ3n) is 2.02. The molecule has 0 amide bonds. The van der Waals surface area contributed by atoms with Gasteiger partial charge in [0.05, 0.1) is 0 Å². The maximum absolute atomic E-state index is 5.15. The molecule has 1 rings (SSSR count). The topological polar surface area (TPSA) is 12.0 Å². The van der Waals surface area contributed by atoms with Gasteiger partial charge in [0.2, 0.25) is 0 Å². The Morgan fingerprint density at radius 1 is 1.38 bits per heavy atom. The molecule has 13 heavy (non-hydrogen) atoms. The molecule has 1 N–H and O–H groups in total. The lowest BCUT2D eigenvalue weighted by molar-refractivity contribution is 0.699. The lowest BCUT2D eigenvalue weighted by Crippen LogP contribution is -2.14. The summed E-state index contributed by atoms with van der Waals surface area (Å²) in [5.74, 6) is 2.61. The smallest absolute Gasteiger partial charge is 0.0212 e. The van der Waals surface area contributed by atoms with Crippen LogP contribution in [0, 0.1) is 19.3 Å². The van der Waals surface area contributed by atoms with Crippen LogP contribution in [0.1, 0.15) is 17.5 Å². The van der Waals surface area contributed by atoms with Crippen molar-refractivity contribution in [2.75, 3.05) is 6.54 Å². The van der Waals surface area contributed by atoms with Crippen LogP contribution in [0.15, 0.2) is 24.3 Å². The Morgan fingerprint density at radius 2 is 2.15 bits per heavy atom. The van der Waals surface area contributed by atoms with Gasteiger partial charge in [0, 0.05) is 19.5 Å². The van der Waals surface area contributed by atoms with Crippen molar-refractivity contribution in [1.82, 2.24) is 5.32 Å². The number of hydrogen-bond acceptors (Lipinski definition) is 1. The van der Waals surface area contributed by atoms with Gasteiger partial charge < -0.3 is 5.32 Å². The number of nitrogens with one attached hydrogen (secondary N) is 1. The van der Waals surface area contributed by atoms with Gasteiger partial charge in [-0.2, -0.15) is 0 Å². The Morgan fingerprint density at radius 3 is 2.85 bits per heavy atom. The van der Waals surface area contributed by atoms with Crippen molar-refractivity contribution in [2.24, 2.45) is 0 Å². The van der Waals surface area contributed by atoms with Crippen LogP contribution in [0.5, 0.6) is 0 Å². The molecule has 0 spiro atoms. The molecule has 0 aliphatic rings. The summed E-state index contributed by atoms with van der Waals surface area (Å²) in [6.07, 6.45) is 5.95. The summed E-state index contributed by atoms with van der Waals surface area (Å²) < 4.78 is 0. The fraction of sp³-hybridized carbons (Fsp3) is 0.333. The van der Waals surface area contributed by atoms with Crippen LogP contribution >= 0.6 is 0 Å². The first-order chi connectivity index (χ1) is 6.34. The molecule has 0 fully saturated rings. The molecule has 68 valence electrons. The molecule has 0 unspecified atom stereocenters. The maximum atomic E-state index is 5.15. The average Bonchev–Trinajstić information content (AvgIpc) is 2.15. The highest BCUT2D eigenvalue weighted by molar-refractivity contribution is 5.25. The van der Waals surface area contributed by atoms with Crippen LogP contribution in [-0.4, -0.2) is 6.54 Å². The molecule has 0 bridgehead atoms. The van der Waals surface area contributed by atoms with Crippen LogP contribution in [0.4, 0.5) is 0 Å². The Balaban J connectivity index is 2.37. The first kappa shape index (κ1) is 9.83. The second kappa shape index (κ2) is 5.40. The highest BCUT2D eigenvalue weighted by Crippen LogP contribution is 2.05. The molecule has 0 radical (unpaired) electrons. The molecule has 0 saturated heterocycles. The van der Waals surface area contributed by atoms with E-state index in [-0.39, 0.29) is 0 Å². The van der Waals surface area contributed by atoms with Crippen LogP contribution in [-0.2, 0) is 6.54 Å². The van der Waals surface area contributed by atoms with E-state index in [1.165, 1.54) is 11.1 Å². The molecule has 0 saturated carbocycles. The maximum Gasteiger partial charge on any atom is 0.0212 e. The Kier molecular flexibility index (Phi) is 4.08. The van der Waals surface area contributed by atoms with Gasteiger partial charge in [0.1, 0.15) is 0 Å². The summed E-state index contributed by atoms with van der Waals surface area (Å²) in [6, 6.07) is 8.38. The zero-order valence-corrected chi connectivity index (χ0v) is 8.01. The Labute approximate surface area is 80.2 Å². The summed E-state index contributed by atoms with van der Waals surface area (Å²) >= 11 is 0. The normalized spacial score (nSPS) is 9.54. The summed E-state index contributed by atoms with van der Waals surface area (Å²) in [4.78, 5) is 0. The van der Waals surface area contributed by atoms with Gasteiger partial charge in [-0.25, -0.2) is 0 Å². The summed E-state index contributed by atoms with van der Waals surface area (Å²) in [7, 11) is 0. The van der Waals surface area contributed by atoms with Gasteiger partial charge in [0.15, 0.2) is 0 Å². The fourth-order valence-electron chi connectivity index (χ4n) is 1.19. The SMILES string of the molecule is C#CCCNCc1ccccc1C. The molecule has 1 aromatic rings. The first-order valence-corrected chi connectivity index (χ1v) is 4.53. The van der Waals surface area contributed by atoms with Crippen molar-refractivity contribution >= 4 is 0 Å². The minimum atomic E-state index is 0.798. The molecule has 0 heterocycles. The van der Waals surface area contributed by atoms with E-state index in [1.54, 1.807) is 0 Å². The predicted molar refractivity (Wildman–Crippen MR) is 56.3 cm³/mol. The van der Waals surface area contributed by atoms with E-state index in [9.17, 15) is 0 Å². The quantitative estimate of drug-likeness (QED) is 0.543. The van der Waals surface area contributed by atoms with Crippen molar-refractivity contribution in [3.05, 3.63) is 35.4 Å². The van der Waals surface area contributed by atoms with Crippen molar-refractivity contribution in [2.45, 2.75) is 19.9 Å². The Bertz CT molecular complexity index is 296. The third-order valence-corrected chi connectivity index (χ3v) is 2.02. The molecule has 0 atom stereocenters. The molecule has 0 aliphatic heterocycles. The molecule has 0 aliphatic carbocycles.